The summed E-state index contributed by atoms with van der Waals surface area (Å²) < 4.78 is 20.3. The molecule has 2 aromatic rings. The van der Waals surface area contributed by atoms with Gasteiger partial charge >= 0.3 is 0 Å². The maximum absolute atomic E-state index is 11.1. The topological polar surface area (TPSA) is 100 Å². The number of nitrogens with one attached hydrogen (secondary N) is 1. The van der Waals surface area contributed by atoms with Gasteiger partial charge in [-0.25, -0.2) is 4.21 Å². The van der Waals surface area contributed by atoms with Crippen molar-refractivity contribution in [1.29, 1.82) is 10.5 Å². The first-order valence-corrected chi connectivity index (χ1v) is 7.41. The van der Waals surface area contributed by atoms with Crippen LogP contribution in [0.3, 0.4) is 0 Å². The van der Waals surface area contributed by atoms with E-state index in [0.717, 1.165) is 0 Å². The number of hydrogen-bond donors (Lipinski definition) is 2. The maximum atomic E-state index is 11.1. The molecule has 1 unspecified atom stereocenters. The van der Waals surface area contributed by atoms with Crippen LogP contribution in [0.25, 0.3) is 0 Å². The molecule has 0 aliphatic rings. The minimum Gasteiger partial charge on any atom is -0.293 e. The van der Waals surface area contributed by atoms with E-state index in [2.05, 4.69) is 4.83 Å². The average molecular weight is 333 g/mol. The summed E-state index contributed by atoms with van der Waals surface area (Å²) >= 11 is 3.79. The highest BCUT2D eigenvalue weighted by Crippen LogP contribution is 2.32. The standard InChI is InChI=1S/C14H9ClN4O2S/c15-13-6-10(8-16)11(9-17)7-14(13)19(18-22(20)21)12-4-2-1-3-5-12/h1-7,18H,(H,20,21). The van der Waals surface area contributed by atoms with E-state index in [0.29, 0.717) is 5.69 Å². The van der Waals surface area contributed by atoms with Gasteiger partial charge in [-0.1, -0.05) is 29.8 Å². The number of hydrazine groups is 1. The molecule has 1 atom stereocenters. The predicted octanol–water partition coefficient (Wildman–Crippen LogP) is 2.86. The lowest BCUT2D eigenvalue weighted by atomic mass is 10.1. The lowest BCUT2D eigenvalue weighted by Gasteiger charge is -2.24. The number of rotatable bonds is 4. The van der Waals surface area contributed by atoms with E-state index in [-0.39, 0.29) is 21.8 Å². The SMILES string of the molecule is N#Cc1cc(Cl)c(N(NS(=O)O)c2ccccc2)cc1C#N. The van der Waals surface area contributed by atoms with Gasteiger partial charge in [0.25, 0.3) is 11.3 Å². The molecule has 0 radical (unpaired) electrons. The summed E-state index contributed by atoms with van der Waals surface area (Å²) in [7, 11) is 0. The molecule has 6 nitrogen and oxygen atoms in total. The molecule has 2 rings (SSSR count). The van der Waals surface area contributed by atoms with Crippen molar-refractivity contribution in [3.8, 4) is 12.1 Å². The Morgan fingerprint density at radius 1 is 1.14 bits per heavy atom. The van der Waals surface area contributed by atoms with E-state index >= 15 is 0 Å². The molecule has 0 aliphatic heterocycles. The summed E-state index contributed by atoms with van der Waals surface area (Å²) in [5.41, 5.74) is 1.08. The Morgan fingerprint density at radius 3 is 2.27 bits per heavy atom. The van der Waals surface area contributed by atoms with E-state index in [9.17, 15) is 4.21 Å². The van der Waals surface area contributed by atoms with Gasteiger partial charge in [0.2, 0.25) is 0 Å². The first-order valence-electron chi connectivity index (χ1n) is 5.93. The van der Waals surface area contributed by atoms with Gasteiger partial charge in [-0.3, -0.25) is 9.56 Å². The van der Waals surface area contributed by atoms with E-state index in [1.54, 1.807) is 30.3 Å². The predicted molar refractivity (Wildman–Crippen MR) is 83.4 cm³/mol. The van der Waals surface area contributed by atoms with Crippen LogP contribution in [0, 0.1) is 22.7 Å². The minimum absolute atomic E-state index is 0.119. The molecular weight excluding hydrogens is 324 g/mol. The van der Waals surface area contributed by atoms with Crippen molar-refractivity contribution >= 4 is 34.2 Å². The minimum atomic E-state index is -2.35. The lowest BCUT2D eigenvalue weighted by Crippen LogP contribution is -2.35. The fourth-order valence-electron chi connectivity index (χ4n) is 1.81. The summed E-state index contributed by atoms with van der Waals surface area (Å²) in [6.07, 6.45) is 0. The molecule has 2 N–H and O–H groups in total. The highest BCUT2D eigenvalue weighted by molar-refractivity contribution is 7.77. The third-order valence-electron chi connectivity index (χ3n) is 2.75. The van der Waals surface area contributed by atoms with E-state index in [1.165, 1.54) is 17.1 Å². The maximum Gasteiger partial charge on any atom is 0.250 e. The van der Waals surface area contributed by atoms with Gasteiger partial charge in [0.1, 0.15) is 12.1 Å². The van der Waals surface area contributed by atoms with Crippen LogP contribution >= 0.6 is 11.6 Å². The van der Waals surface area contributed by atoms with Crippen molar-refractivity contribution in [1.82, 2.24) is 4.83 Å². The molecule has 0 heterocycles. The van der Waals surface area contributed by atoms with Gasteiger partial charge in [-0.2, -0.15) is 10.5 Å². The molecule has 0 spiro atoms. The smallest absolute Gasteiger partial charge is 0.250 e. The van der Waals surface area contributed by atoms with Crippen molar-refractivity contribution in [2.75, 3.05) is 5.01 Å². The second-order valence-electron chi connectivity index (χ2n) is 4.08. The Morgan fingerprint density at radius 2 is 1.73 bits per heavy atom. The Hall–Kier alpha value is -2.42. The monoisotopic (exact) mass is 332 g/mol. The molecule has 22 heavy (non-hydrogen) atoms. The van der Waals surface area contributed by atoms with Gasteiger partial charge in [-0.15, -0.1) is 4.83 Å². The molecule has 0 aromatic heterocycles. The molecule has 8 heteroatoms. The van der Waals surface area contributed by atoms with Gasteiger partial charge in [0.15, 0.2) is 0 Å². The number of nitriles is 2. The fraction of sp³-hybridized carbons (Fsp3) is 0. The van der Waals surface area contributed by atoms with Crippen LogP contribution in [0.5, 0.6) is 0 Å². The second-order valence-corrected chi connectivity index (χ2v) is 5.17. The van der Waals surface area contributed by atoms with Gasteiger partial charge < -0.3 is 0 Å². The van der Waals surface area contributed by atoms with Gasteiger partial charge in [0, 0.05) is 0 Å². The number of hydrogen-bond acceptors (Lipinski definition) is 4. The lowest BCUT2D eigenvalue weighted by molar-refractivity contribution is 0.550. The molecule has 0 saturated heterocycles. The number of benzene rings is 2. The molecule has 0 saturated carbocycles. The zero-order chi connectivity index (χ0) is 16.1. The number of halogens is 1. The molecule has 0 aliphatic carbocycles. The third-order valence-corrected chi connectivity index (χ3v) is 3.39. The Kier molecular flexibility index (Phi) is 5.10. The Labute approximate surface area is 134 Å². The van der Waals surface area contributed by atoms with Crippen LogP contribution < -0.4 is 9.84 Å². The van der Waals surface area contributed by atoms with Crippen LogP contribution in [0.15, 0.2) is 42.5 Å². The van der Waals surface area contributed by atoms with Crippen molar-refractivity contribution in [3.63, 3.8) is 0 Å². The first-order chi connectivity index (χ1) is 10.6. The zero-order valence-corrected chi connectivity index (χ0v) is 12.6. The second kappa shape index (κ2) is 7.03. The highest BCUT2D eigenvalue weighted by Gasteiger charge is 2.17. The molecule has 0 bridgehead atoms. The molecule has 110 valence electrons. The van der Waals surface area contributed by atoms with E-state index in [1.807, 2.05) is 12.1 Å². The van der Waals surface area contributed by atoms with Crippen molar-refractivity contribution < 1.29 is 8.76 Å². The van der Waals surface area contributed by atoms with E-state index in [4.69, 9.17) is 26.7 Å². The molecule has 2 aromatic carbocycles. The van der Waals surface area contributed by atoms with Crippen LogP contribution in [-0.2, 0) is 11.3 Å². The van der Waals surface area contributed by atoms with Crippen molar-refractivity contribution in [2.45, 2.75) is 0 Å². The van der Waals surface area contributed by atoms with Crippen LogP contribution in [0.1, 0.15) is 11.1 Å². The average Bonchev–Trinajstić information content (AvgIpc) is 2.53. The van der Waals surface area contributed by atoms with Gasteiger partial charge in [-0.05, 0) is 24.3 Å². The summed E-state index contributed by atoms with van der Waals surface area (Å²) in [5, 5.41) is 19.5. The quantitative estimate of drug-likeness (QED) is 0.662. The normalized spacial score (nSPS) is 11.3. The molecule has 0 fully saturated rings. The Bertz CT molecular complexity index is 799. The first kappa shape index (κ1) is 16.0. The van der Waals surface area contributed by atoms with Crippen LogP contribution in [-0.4, -0.2) is 8.76 Å². The third kappa shape index (κ3) is 3.42. The summed E-state index contributed by atoms with van der Waals surface area (Å²) in [6.45, 7) is 0. The van der Waals surface area contributed by atoms with Crippen molar-refractivity contribution in [2.24, 2.45) is 0 Å². The van der Waals surface area contributed by atoms with Crippen molar-refractivity contribution in [3.05, 3.63) is 58.6 Å². The molecule has 0 amide bonds. The summed E-state index contributed by atoms with van der Waals surface area (Å²) in [6, 6.07) is 15.2. The zero-order valence-electron chi connectivity index (χ0n) is 11.0. The number of anilines is 2. The van der Waals surface area contributed by atoms with Crippen LogP contribution in [0.2, 0.25) is 5.02 Å². The molecular formula is C14H9ClN4O2S. The highest BCUT2D eigenvalue weighted by atomic mass is 35.5. The summed E-state index contributed by atoms with van der Waals surface area (Å²) in [4.78, 5) is 2.33. The largest absolute Gasteiger partial charge is 0.293 e. The Balaban J connectivity index is 2.61. The van der Waals surface area contributed by atoms with Gasteiger partial charge in [0.05, 0.1) is 27.5 Å². The van der Waals surface area contributed by atoms with Crippen LogP contribution in [0.4, 0.5) is 11.4 Å². The summed E-state index contributed by atoms with van der Waals surface area (Å²) in [5.74, 6) is 0. The number of para-hydroxylation sites is 1. The number of nitrogens with zero attached hydrogens (tertiary/aromatic N) is 3. The van der Waals surface area contributed by atoms with E-state index < -0.39 is 11.3 Å². The fourth-order valence-corrected chi connectivity index (χ4v) is 2.42.